The molecule has 4 amide bonds. The molecule has 2 aliphatic heterocycles. The van der Waals surface area contributed by atoms with Crippen LogP contribution in [-0.4, -0.2) is 74.0 Å². The topological polar surface area (TPSA) is 78.8 Å². The molecule has 8 nitrogen and oxygen atoms in total. The van der Waals surface area contributed by atoms with Gasteiger partial charge in [-0.25, -0.2) is 4.79 Å². The highest BCUT2D eigenvalue weighted by molar-refractivity contribution is 6.07. The molecule has 0 aliphatic carbocycles. The maximum atomic E-state index is 13.2. The number of amides is 4. The lowest BCUT2D eigenvalue weighted by Crippen LogP contribution is -2.58. The Morgan fingerprint density at radius 2 is 1.93 bits per heavy atom. The minimum Gasteiger partial charge on any atom is -0.341 e. The maximum absolute atomic E-state index is 13.2. The molecule has 8 heteroatoms. The van der Waals surface area contributed by atoms with E-state index in [2.05, 4.69) is 18.9 Å². The number of rotatable bonds is 6. The van der Waals surface area contributed by atoms with Crippen molar-refractivity contribution >= 4 is 17.8 Å². The molecule has 0 saturated carbocycles. The molecule has 2 aliphatic rings. The van der Waals surface area contributed by atoms with E-state index < -0.39 is 5.54 Å². The van der Waals surface area contributed by atoms with E-state index in [1.54, 1.807) is 20.7 Å². The average Bonchev–Trinajstić information content (AvgIpc) is 3.13. The highest BCUT2D eigenvalue weighted by Crippen LogP contribution is 2.38. The first-order chi connectivity index (χ1) is 13.3. The Kier molecular flexibility index (Phi) is 5.76. The summed E-state index contributed by atoms with van der Waals surface area (Å²) in [5, 5.41) is 4.17. The molecule has 0 bridgehead atoms. The van der Waals surface area contributed by atoms with Crippen LogP contribution in [0.3, 0.4) is 0 Å². The van der Waals surface area contributed by atoms with Crippen LogP contribution in [0.15, 0.2) is 12.4 Å². The van der Waals surface area contributed by atoms with Crippen LogP contribution >= 0.6 is 0 Å². The van der Waals surface area contributed by atoms with Crippen LogP contribution in [0, 0.1) is 12.8 Å². The Morgan fingerprint density at radius 1 is 1.25 bits per heavy atom. The van der Waals surface area contributed by atoms with Crippen LogP contribution in [-0.2, 0) is 16.1 Å². The molecule has 0 N–H and O–H groups in total. The SMILES string of the molecule is CCCN1C(=O)N(CC(C)C)C2(CCN(C(=O)Cn3cc(C)cn3)CC2)C1=O. The predicted octanol–water partition coefficient (Wildman–Crippen LogP) is 1.88. The summed E-state index contributed by atoms with van der Waals surface area (Å²) in [4.78, 5) is 43.7. The van der Waals surface area contributed by atoms with Crippen molar-refractivity contribution < 1.29 is 14.4 Å². The summed E-state index contributed by atoms with van der Waals surface area (Å²) in [6.45, 7) is 10.2. The molecule has 1 aromatic rings. The Bertz CT molecular complexity index is 749. The third-order valence-corrected chi connectivity index (χ3v) is 5.62. The zero-order chi connectivity index (χ0) is 20.5. The molecule has 0 unspecified atom stereocenters. The summed E-state index contributed by atoms with van der Waals surface area (Å²) in [5.74, 6) is 0.184. The Morgan fingerprint density at radius 3 is 2.46 bits per heavy atom. The second-order valence-corrected chi connectivity index (χ2v) is 8.37. The molecule has 154 valence electrons. The van der Waals surface area contributed by atoms with Crippen molar-refractivity contribution in [3.63, 3.8) is 0 Å². The second-order valence-electron chi connectivity index (χ2n) is 8.37. The summed E-state index contributed by atoms with van der Waals surface area (Å²) in [7, 11) is 0. The first-order valence-corrected chi connectivity index (χ1v) is 10.2. The minimum atomic E-state index is -0.796. The monoisotopic (exact) mass is 389 g/mol. The summed E-state index contributed by atoms with van der Waals surface area (Å²) < 4.78 is 1.64. The smallest absolute Gasteiger partial charge is 0.327 e. The molecule has 1 spiro atoms. The van der Waals surface area contributed by atoms with E-state index in [-0.39, 0.29) is 30.3 Å². The number of hydrogen-bond donors (Lipinski definition) is 0. The van der Waals surface area contributed by atoms with E-state index >= 15 is 0 Å². The normalized spacial score (nSPS) is 19.4. The first-order valence-electron chi connectivity index (χ1n) is 10.2. The van der Waals surface area contributed by atoms with Crippen LogP contribution in [0.2, 0.25) is 0 Å². The van der Waals surface area contributed by atoms with Gasteiger partial charge in [0.05, 0.1) is 6.20 Å². The van der Waals surface area contributed by atoms with E-state index in [1.165, 1.54) is 4.90 Å². The number of aromatic nitrogens is 2. The standard InChI is InChI=1S/C20H31N5O3/c1-5-8-24-18(27)20(25(19(24)28)12-15(2)3)6-9-22(10-7-20)17(26)14-23-13-16(4)11-21-23/h11,13,15H,5-10,12,14H2,1-4H3. The molecule has 28 heavy (non-hydrogen) atoms. The molecule has 3 rings (SSSR count). The van der Waals surface area contributed by atoms with Gasteiger partial charge >= 0.3 is 6.03 Å². The number of urea groups is 1. The lowest BCUT2D eigenvalue weighted by atomic mass is 9.85. The molecule has 0 aromatic carbocycles. The van der Waals surface area contributed by atoms with Crippen molar-refractivity contribution in [2.24, 2.45) is 5.92 Å². The summed E-state index contributed by atoms with van der Waals surface area (Å²) in [6.07, 6.45) is 5.31. The maximum Gasteiger partial charge on any atom is 0.327 e. The number of piperidine rings is 1. The third kappa shape index (κ3) is 3.64. The Balaban J connectivity index is 1.72. The fourth-order valence-electron chi connectivity index (χ4n) is 4.22. The summed E-state index contributed by atoms with van der Waals surface area (Å²) in [5.41, 5.74) is 0.219. The predicted molar refractivity (Wildman–Crippen MR) is 104 cm³/mol. The van der Waals surface area contributed by atoms with Crippen LogP contribution in [0.5, 0.6) is 0 Å². The van der Waals surface area contributed by atoms with Crippen LogP contribution in [0.25, 0.3) is 0 Å². The minimum absolute atomic E-state index is 0.00412. The van der Waals surface area contributed by atoms with Gasteiger partial charge in [-0.05, 0) is 37.7 Å². The second kappa shape index (κ2) is 7.93. The van der Waals surface area contributed by atoms with Crippen molar-refractivity contribution in [3.05, 3.63) is 18.0 Å². The molecule has 3 heterocycles. The summed E-state index contributed by atoms with van der Waals surface area (Å²) in [6, 6.07) is -0.174. The number of likely N-dealkylation sites (tertiary alicyclic amines) is 1. The number of carbonyl (C=O) groups excluding carboxylic acids is 3. The number of hydrogen-bond acceptors (Lipinski definition) is 4. The van der Waals surface area contributed by atoms with Gasteiger partial charge in [0.1, 0.15) is 12.1 Å². The Hall–Kier alpha value is -2.38. The van der Waals surface area contributed by atoms with Crippen LogP contribution < -0.4 is 0 Å². The van der Waals surface area contributed by atoms with Crippen LogP contribution in [0.4, 0.5) is 4.79 Å². The Labute approximate surface area is 166 Å². The highest BCUT2D eigenvalue weighted by Gasteiger charge is 2.57. The summed E-state index contributed by atoms with van der Waals surface area (Å²) >= 11 is 0. The van der Waals surface area contributed by atoms with E-state index in [9.17, 15) is 14.4 Å². The van der Waals surface area contributed by atoms with Gasteiger partial charge in [-0.3, -0.25) is 19.2 Å². The zero-order valence-electron chi connectivity index (χ0n) is 17.3. The van der Waals surface area contributed by atoms with Gasteiger partial charge in [0, 0.05) is 32.4 Å². The third-order valence-electron chi connectivity index (χ3n) is 5.62. The van der Waals surface area contributed by atoms with Gasteiger partial charge in [-0.1, -0.05) is 20.8 Å². The lowest BCUT2D eigenvalue weighted by Gasteiger charge is -2.42. The van der Waals surface area contributed by atoms with Crippen molar-refractivity contribution in [2.75, 3.05) is 26.2 Å². The van der Waals surface area contributed by atoms with E-state index in [4.69, 9.17) is 0 Å². The molecular weight excluding hydrogens is 358 g/mol. The van der Waals surface area contributed by atoms with Gasteiger partial charge in [-0.15, -0.1) is 0 Å². The number of nitrogens with zero attached hydrogens (tertiary/aromatic N) is 5. The van der Waals surface area contributed by atoms with Crippen molar-refractivity contribution in [1.29, 1.82) is 0 Å². The average molecular weight is 390 g/mol. The molecule has 2 fully saturated rings. The fourth-order valence-corrected chi connectivity index (χ4v) is 4.22. The lowest BCUT2D eigenvalue weighted by molar-refractivity contribution is -0.141. The van der Waals surface area contributed by atoms with Gasteiger partial charge in [0.2, 0.25) is 5.91 Å². The number of aryl methyl sites for hydroxylation is 1. The van der Waals surface area contributed by atoms with Gasteiger partial charge < -0.3 is 9.80 Å². The highest BCUT2D eigenvalue weighted by atomic mass is 16.2. The molecule has 0 radical (unpaired) electrons. The van der Waals surface area contributed by atoms with Crippen molar-refractivity contribution in [2.45, 2.75) is 59.0 Å². The first kappa shape index (κ1) is 20.4. The molecule has 0 atom stereocenters. The van der Waals surface area contributed by atoms with Crippen molar-refractivity contribution in [3.8, 4) is 0 Å². The van der Waals surface area contributed by atoms with Crippen LogP contribution in [0.1, 0.15) is 45.6 Å². The van der Waals surface area contributed by atoms with Gasteiger partial charge in [0.25, 0.3) is 5.91 Å². The van der Waals surface area contributed by atoms with Gasteiger partial charge in [0.15, 0.2) is 0 Å². The number of carbonyl (C=O) groups is 3. The zero-order valence-corrected chi connectivity index (χ0v) is 17.3. The van der Waals surface area contributed by atoms with Crippen molar-refractivity contribution in [1.82, 2.24) is 24.5 Å². The van der Waals surface area contributed by atoms with E-state index in [0.717, 1.165) is 12.0 Å². The molecule has 1 aromatic heterocycles. The largest absolute Gasteiger partial charge is 0.341 e. The fraction of sp³-hybridized carbons (Fsp3) is 0.700. The quantitative estimate of drug-likeness (QED) is 0.696. The van der Waals surface area contributed by atoms with Gasteiger partial charge in [-0.2, -0.15) is 5.10 Å². The molecular formula is C20H31N5O3. The van der Waals surface area contributed by atoms with E-state index in [0.29, 0.717) is 39.0 Å². The molecule has 2 saturated heterocycles. The van der Waals surface area contributed by atoms with E-state index in [1.807, 2.05) is 20.0 Å². The number of imide groups is 1.